The molecule has 2 heteroatoms. The molecular formula is C8H13NO. The molecule has 0 saturated carbocycles. The van der Waals surface area contributed by atoms with Crippen molar-refractivity contribution in [3.05, 3.63) is 24.6 Å². The highest BCUT2D eigenvalue weighted by Gasteiger charge is 1.83. The first-order chi connectivity index (χ1) is 4.85. The third kappa shape index (κ3) is 3.89. The second kappa shape index (κ2) is 6.08. The van der Waals surface area contributed by atoms with E-state index in [2.05, 4.69) is 11.6 Å². The van der Waals surface area contributed by atoms with Crippen LogP contribution >= 0.6 is 0 Å². The molecule has 0 N–H and O–H groups in total. The van der Waals surface area contributed by atoms with Crippen LogP contribution in [0.15, 0.2) is 29.6 Å². The number of rotatable bonds is 4. The highest BCUT2D eigenvalue weighted by Crippen LogP contribution is 1.95. The molecule has 0 unspecified atom stereocenters. The van der Waals surface area contributed by atoms with Gasteiger partial charge >= 0.3 is 0 Å². The third-order valence-electron chi connectivity index (χ3n) is 0.871. The van der Waals surface area contributed by atoms with Crippen molar-refractivity contribution < 1.29 is 4.74 Å². The maximum Gasteiger partial charge on any atom is 0.212 e. The maximum atomic E-state index is 4.88. The molecule has 0 saturated heterocycles. The van der Waals surface area contributed by atoms with Gasteiger partial charge in [0.1, 0.15) is 0 Å². The first-order valence-corrected chi connectivity index (χ1v) is 3.24. The van der Waals surface area contributed by atoms with E-state index in [9.17, 15) is 0 Å². The van der Waals surface area contributed by atoms with Crippen molar-refractivity contribution in [1.29, 1.82) is 0 Å². The van der Waals surface area contributed by atoms with Crippen molar-refractivity contribution in [2.45, 2.75) is 13.3 Å². The Kier molecular flexibility index (Phi) is 5.44. The van der Waals surface area contributed by atoms with Gasteiger partial charge in [-0.05, 0) is 12.5 Å². The lowest BCUT2D eigenvalue weighted by Gasteiger charge is -1.95. The van der Waals surface area contributed by atoms with Crippen LogP contribution in [0.5, 0.6) is 0 Å². The molecule has 0 heterocycles. The molecule has 0 radical (unpaired) electrons. The van der Waals surface area contributed by atoms with Gasteiger partial charge in [0.25, 0.3) is 0 Å². The van der Waals surface area contributed by atoms with Crippen molar-refractivity contribution in [3.8, 4) is 0 Å². The van der Waals surface area contributed by atoms with Crippen LogP contribution in [0, 0.1) is 0 Å². The van der Waals surface area contributed by atoms with Gasteiger partial charge in [0.05, 0.1) is 7.11 Å². The van der Waals surface area contributed by atoms with Gasteiger partial charge in [0.15, 0.2) is 0 Å². The summed E-state index contributed by atoms with van der Waals surface area (Å²) in [5, 5.41) is 0. The summed E-state index contributed by atoms with van der Waals surface area (Å²) in [6.45, 7) is 5.54. The summed E-state index contributed by atoms with van der Waals surface area (Å²) in [5.41, 5.74) is 0. The molecule has 0 amide bonds. The summed E-state index contributed by atoms with van der Waals surface area (Å²) >= 11 is 0. The van der Waals surface area contributed by atoms with Crippen molar-refractivity contribution in [2.75, 3.05) is 7.11 Å². The van der Waals surface area contributed by atoms with Crippen LogP contribution in [-0.2, 0) is 4.74 Å². The summed E-state index contributed by atoms with van der Waals surface area (Å²) in [4.78, 5) is 3.99. The van der Waals surface area contributed by atoms with Gasteiger partial charge in [0.2, 0.25) is 5.88 Å². The molecule has 0 atom stereocenters. The van der Waals surface area contributed by atoms with E-state index < -0.39 is 0 Å². The van der Waals surface area contributed by atoms with Crippen LogP contribution < -0.4 is 0 Å². The minimum absolute atomic E-state index is 0.594. The Morgan fingerprint density at radius 1 is 1.70 bits per heavy atom. The van der Waals surface area contributed by atoms with Gasteiger partial charge in [-0.1, -0.05) is 19.6 Å². The molecule has 0 aromatic carbocycles. The average molecular weight is 139 g/mol. The molecular weight excluding hydrogens is 126 g/mol. The van der Waals surface area contributed by atoms with E-state index in [4.69, 9.17) is 4.74 Å². The second-order valence-electron chi connectivity index (χ2n) is 1.66. The van der Waals surface area contributed by atoms with E-state index in [1.165, 1.54) is 0 Å². The van der Waals surface area contributed by atoms with Crippen molar-refractivity contribution in [3.63, 3.8) is 0 Å². The highest BCUT2D eigenvalue weighted by atomic mass is 16.5. The number of hydrogen-bond acceptors (Lipinski definition) is 2. The number of ether oxygens (including phenoxy) is 1. The van der Waals surface area contributed by atoms with E-state index in [1.54, 1.807) is 25.5 Å². The molecule has 2 nitrogen and oxygen atoms in total. The summed E-state index contributed by atoms with van der Waals surface area (Å²) in [6, 6.07) is 0. The summed E-state index contributed by atoms with van der Waals surface area (Å²) in [7, 11) is 1.59. The SMILES string of the molecule is C=C/C=C(\N=C/CC)OC. The van der Waals surface area contributed by atoms with Crippen molar-refractivity contribution in [1.82, 2.24) is 0 Å². The molecule has 10 heavy (non-hydrogen) atoms. The Balaban J connectivity index is 3.94. The first kappa shape index (κ1) is 8.95. The molecule has 0 rings (SSSR count). The lowest BCUT2D eigenvalue weighted by Crippen LogP contribution is -1.81. The Bertz CT molecular complexity index is 147. The minimum Gasteiger partial charge on any atom is -0.481 e. The monoisotopic (exact) mass is 139 g/mol. The van der Waals surface area contributed by atoms with Gasteiger partial charge in [-0.25, -0.2) is 4.99 Å². The average Bonchev–Trinajstić information content (AvgIpc) is 1.98. The third-order valence-corrected chi connectivity index (χ3v) is 0.871. The molecule has 0 aliphatic rings. The largest absolute Gasteiger partial charge is 0.481 e. The fourth-order valence-electron chi connectivity index (χ4n) is 0.446. The number of nitrogens with zero attached hydrogens (tertiary/aromatic N) is 1. The summed E-state index contributed by atoms with van der Waals surface area (Å²) < 4.78 is 4.88. The Hall–Kier alpha value is -1.05. The van der Waals surface area contributed by atoms with Crippen LogP contribution in [-0.4, -0.2) is 13.3 Å². The van der Waals surface area contributed by atoms with Crippen LogP contribution in [0.25, 0.3) is 0 Å². The van der Waals surface area contributed by atoms with Crippen LogP contribution in [0.3, 0.4) is 0 Å². The van der Waals surface area contributed by atoms with Crippen molar-refractivity contribution >= 4 is 6.21 Å². The summed E-state index contributed by atoms with van der Waals surface area (Å²) in [6.07, 6.45) is 6.06. The molecule has 0 aliphatic carbocycles. The highest BCUT2D eigenvalue weighted by molar-refractivity contribution is 5.58. The molecule has 0 bridgehead atoms. The number of allylic oxidation sites excluding steroid dienone is 2. The quantitative estimate of drug-likeness (QED) is 0.332. The van der Waals surface area contributed by atoms with Gasteiger partial charge in [-0.15, -0.1) is 0 Å². The molecule has 0 aromatic rings. The van der Waals surface area contributed by atoms with E-state index in [1.807, 2.05) is 6.92 Å². The van der Waals surface area contributed by atoms with E-state index in [0.717, 1.165) is 6.42 Å². The van der Waals surface area contributed by atoms with Gasteiger partial charge in [-0.2, -0.15) is 0 Å². The zero-order chi connectivity index (χ0) is 7.82. The molecule has 0 spiro atoms. The smallest absolute Gasteiger partial charge is 0.212 e. The van der Waals surface area contributed by atoms with E-state index in [-0.39, 0.29) is 0 Å². The topological polar surface area (TPSA) is 21.6 Å². The zero-order valence-electron chi connectivity index (χ0n) is 6.50. The van der Waals surface area contributed by atoms with Crippen molar-refractivity contribution in [2.24, 2.45) is 4.99 Å². The van der Waals surface area contributed by atoms with Crippen LogP contribution in [0.1, 0.15) is 13.3 Å². The summed E-state index contributed by atoms with van der Waals surface area (Å²) in [5.74, 6) is 0.594. The molecule has 0 fully saturated rings. The molecule has 0 aliphatic heterocycles. The molecule has 0 aromatic heterocycles. The Labute approximate surface area is 61.9 Å². The van der Waals surface area contributed by atoms with Gasteiger partial charge < -0.3 is 4.74 Å². The molecule has 56 valence electrons. The number of methoxy groups -OCH3 is 1. The zero-order valence-corrected chi connectivity index (χ0v) is 6.50. The number of aliphatic imine (C=N–C) groups is 1. The fourth-order valence-corrected chi connectivity index (χ4v) is 0.446. The Morgan fingerprint density at radius 3 is 2.80 bits per heavy atom. The first-order valence-electron chi connectivity index (χ1n) is 3.24. The maximum absolute atomic E-state index is 4.88. The standard InChI is InChI=1S/C8H13NO/c1-4-6-8(10-3)9-7-5-2/h4,6-7H,1,5H2,2-3H3/b8-6+,9-7-. The number of hydrogen-bond donors (Lipinski definition) is 0. The second-order valence-corrected chi connectivity index (χ2v) is 1.66. The van der Waals surface area contributed by atoms with E-state index in [0.29, 0.717) is 5.88 Å². The minimum atomic E-state index is 0.594. The van der Waals surface area contributed by atoms with E-state index >= 15 is 0 Å². The lowest BCUT2D eigenvalue weighted by molar-refractivity contribution is 0.289. The predicted octanol–water partition coefficient (Wildman–Crippen LogP) is 2.14. The normalized spacial score (nSPS) is 12.0. The lowest BCUT2D eigenvalue weighted by atomic mass is 10.5. The van der Waals surface area contributed by atoms with Gasteiger partial charge in [0, 0.05) is 6.21 Å². The fraction of sp³-hybridized carbons (Fsp3) is 0.375. The Morgan fingerprint density at radius 2 is 2.40 bits per heavy atom. The van der Waals surface area contributed by atoms with Crippen LogP contribution in [0.2, 0.25) is 0 Å². The van der Waals surface area contributed by atoms with Crippen LogP contribution in [0.4, 0.5) is 0 Å². The predicted molar refractivity (Wildman–Crippen MR) is 44.1 cm³/mol. The van der Waals surface area contributed by atoms with Gasteiger partial charge in [-0.3, -0.25) is 0 Å².